The average Bonchev–Trinajstić information content (AvgIpc) is 3.20. The van der Waals surface area contributed by atoms with E-state index in [0.29, 0.717) is 26.1 Å². The van der Waals surface area contributed by atoms with Crippen molar-refractivity contribution >= 4 is 17.1 Å². The molecule has 2 heterocycles. The standard InChI is InChI=1S/C20H28N6O/c1-5-9-26(13-19-21-8-10-25(19)4)20(27)22-7-6-18-23-16-11-14(2)15(3)12-17(16)24-18/h8,10-12H,5-7,9,13H2,1-4H3,(H,22,27)(H,23,24). The first-order valence-electron chi connectivity index (χ1n) is 9.42. The number of aromatic amines is 1. The van der Waals surface area contributed by atoms with Gasteiger partial charge in [0.25, 0.3) is 0 Å². The fraction of sp³-hybridized carbons (Fsp3) is 0.450. The van der Waals surface area contributed by atoms with Gasteiger partial charge in [-0.3, -0.25) is 0 Å². The molecule has 0 aliphatic carbocycles. The minimum absolute atomic E-state index is 0.0670. The van der Waals surface area contributed by atoms with E-state index in [9.17, 15) is 4.79 Å². The van der Waals surface area contributed by atoms with Crippen LogP contribution in [-0.4, -0.2) is 43.5 Å². The van der Waals surface area contributed by atoms with Crippen LogP contribution in [0.5, 0.6) is 0 Å². The van der Waals surface area contributed by atoms with Crippen LogP contribution in [0.15, 0.2) is 24.5 Å². The molecular weight excluding hydrogens is 340 g/mol. The monoisotopic (exact) mass is 368 g/mol. The summed E-state index contributed by atoms with van der Waals surface area (Å²) in [5.41, 5.74) is 4.50. The van der Waals surface area contributed by atoms with Crippen molar-refractivity contribution in [1.82, 2.24) is 29.7 Å². The molecular formula is C20H28N6O. The Morgan fingerprint density at radius 1 is 1.30 bits per heavy atom. The Balaban J connectivity index is 1.58. The summed E-state index contributed by atoms with van der Waals surface area (Å²) in [6.07, 6.45) is 5.21. The molecule has 0 bridgehead atoms. The lowest BCUT2D eigenvalue weighted by atomic mass is 10.1. The summed E-state index contributed by atoms with van der Waals surface area (Å²) in [6, 6.07) is 4.15. The first-order valence-corrected chi connectivity index (χ1v) is 9.42. The second kappa shape index (κ2) is 8.24. The Labute approximate surface area is 159 Å². The Morgan fingerprint density at radius 2 is 2.07 bits per heavy atom. The molecule has 0 saturated carbocycles. The minimum Gasteiger partial charge on any atom is -0.342 e. The third-order valence-corrected chi connectivity index (χ3v) is 4.82. The maximum atomic E-state index is 12.6. The van der Waals surface area contributed by atoms with Crippen molar-refractivity contribution < 1.29 is 4.79 Å². The molecule has 27 heavy (non-hydrogen) atoms. The molecule has 144 valence electrons. The van der Waals surface area contributed by atoms with Crippen LogP contribution in [0.1, 0.15) is 36.1 Å². The molecule has 7 heteroatoms. The molecule has 3 aromatic rings. The van der Waals surface area contributed by atoms with Crippen LogP contribution in [0.2, 0.25) is 0 Å². The number of fused-ring (bicyclic) bond motifs is 1. The molecule has 0 aliphatic rings. The van der Waals surface area contributed by atoms with E-state index < -0.39 is 0 Å². The van der Waals surface area contributed by atoms with Gasteiger partial charge in [-0.25, -0.2) is 14.8 Å². The van der Waals surface area contributed by atoms with Crippen molar-refractivity contribution in [2.75, 3.05) is 13.1 Å². The summed E-state index contributed by atoms with van der Waals surface area (Å²) in [7, 11) is 1.94. The van der Waals surface area contributed by atoms with E-state index in [2.05, 4.69) is 53.2 Å². The molecule has 0 radical (unpaired) electrons. The van der Waals surface area contributed by atoms with E-state index >= 15 is 0 Å². The number of aromatic nitrogens is 4. The van der Waals surface area contributed by atoms with E-state index in [0.717, 1.165) is 29.1 Å². The first-order chi connectivity index (χ1) is 13.0. The smallest absolute Gasteiger partial charge is 0.317 e. The third-order valence-electron chi connectivity index (χ3n) is 4.82. The number of benzene rings is 1. The molecule has 0 atom stereocenters. The fourth-order valence-corrected chi connectivity index (χ4v) is 3.08. The number of carbonyl (C=O) groups is 1. The molecule has 0 saturated heterocycles. The zero-order valence-electron chi connectivity index (χ0n) is 16.5. The van der Waals surface area contributed by atoms with Gasteiger partial charge in [0.1, 0.15) is 11.6 Å². The lowest BCUT2D eigenvalue weighted by Gasteiger charge is -2.22. The Bertz CT molecular complexity index is 887. The molecule has 2 N–H and O–H groups in total. The Morgan fingerprint density at radius 3 is 2.78 bits per heavy atom. The van der Waals surface area contributed by atoms with E-state index in [1.54, 1.807) is 11.1 Å². The Hall–Kier alpha value is -2.83. The number of aryl methyl sites for hydroxylation is 3. The number of urea groups is 1. The van der Waals surface area contributed by atoms with Gasteiger partial charge >= 0.3 is 6.03 Å². The number of H-pyrrole nitrogens is 1. The van der Waals surface area contributed by atoms with Gasteiger partial charge in [0.2, 0.25) is 0 Å². The predicted octanol–water partition coefficient (Wildman–Crippen LogP) is 3.08. The lowest BCUT2D eigenvalue weighted by Crippen LogP contribution is -2.41. The number of nitrogens with one attached hydrogen (secondary N) is 2. The molecule has 0 fully saturated rings. The highest BCUT2D eigenvalue weighted by atomic mass is 16.2. The molecule has 0 spiro atoms. The lowest BCUT2D eigenvalue weighted by molar-refractivity contribution is 0.193. The van der Waals surface area contributed by atoms with Gasteiger partial charge in [-0.1, -0.05) is 6.92 Å². The third kappa shape index (κ3) is 4.48. The molecule has 2 aromatic heterocycles. The van der Waals surface area contributed by atoms with Crippen molar-refractivity contribution in [3.8, 4) is 0 Å². The highest BCUT2D eigenvalue weighted by Crippen LogP contribution is 2.17. The Kier molecular flexibility index (Phi) is 5.78. The number of rotatable bonds is 7. The normalized spacial score (nSPS) is 11.1. The van der Waals surface area contributed by atoms with Crippen LogP contribution in [-0.2, 0) is 20.0 Å². The van der Waals surface area contributed by atoms with Crippen molar-refractivity contribution in [3.63, 3.8) is 0 Å². The second-order valence-electron chi connectivity index (χ2n) is 6.99. The number of imidazole rings is 2. The van der Waals surface area contributed by atoms with Crippen LogP contribution in [0.3, 0.4) is 0 Å². The van der Waals surface area contributed by atoms with E-state index in [1.165, 1.54) is 11.1 Å². The number of carbonyl (C=O) groups excluding carboxylic acids is 1. The topological polar surface area (TPSA) is 78.8 Å². The molecule has 3 rings (SSSR count). The number of nitrogens with zero attached hydrogens (tertiary/aromatic N) is 4. The van der Waals surface area contributed by atoms with E-state index in [4.69, 9.17) is 0 Å². The molecule has 0 aliphatic heterocycles. The summed E-state index contributed by atoms with van der Waals surface area (Å²) < 4.78 is 1.94. The van der Waals surface area contributed by atoms with Crippen LogP contribution in [0.25, 0.3) is 11.0 Å². The van der Waals surface area contributed by atoms with Gasteiger partial charge < -0.3 is 19.8 Å². The van der Waals surface area contributed by atoms with Gasteiger partial charge in [-0.2, -0.15) is 0 Å². The second-order valence-corrected chi connectivity index (χ2v) is 6.99. The molecule has 7 nitrogen and oxygen atoms in total. The number of hydrogen-bond acceptors (Lipinski definition) is 3. The summed E-state index contributed by atoms with van der Waals surface area (Å²) in [6.45, 7) is 8.00. The van der Waals surface area contributed by atoms with E-state index in [-0.39, 0.29) is 6.03 Å². The van der Waals surface area contributed by atoms with Gasteiger partial charge in [-0.05, 0) is 43.5 Å². The summed E-state index contributed by atoms with van der Waals surface area (Å²) in [5, 5.41) is 3.01. The van der Waals surface area contributed by atoms with Crippen molar-refractivity contribution in [2.45, 2.75) is 40.2 Å². The SMILES string of the molecule is CCCN(Cc1nccn1C)C(=O)NCCc1nc2cc(C)c(C)cc2[nH]1. The predicted molar refractivity (Wildman–Crippen MR) is 107 cm³/mol. The molecule has 0 unspecified atom stereocenters. The van der Waals surface area contributed by atoms with Crippen LogP contribution >= 0.6 is 0 Å². The van der Waals surface area contributed by atoms with Gasteiger partial charge in [-0.15, -0.1) is 0 Å². The van der Waals surface area contributed by atoms with Gasteiger partial charge in [0.15, 0.2) is 0 Å². The van der Waals surface area contributed by atoms with E-state index in [1.807, 2.05) is 17.8 Å². The van der Waals surface area contributed by atoms with Gasteiger partial charge in [0.05, 0.1) is 17.6 Å². The van der Waals surface area contributed by atoms with Crippen molar-refractivity contribution in [1.29, 1.82) is 0 Å². The van der Waals surface area contributed by atoms with Crippen molar-refractivity contribution in [3.05, 3.63) is 47.3 Å². The average molecular weight is 368 g/mol. The summed E-state index contributed by atoms with van der Waals surface area (Å²) >= 11 is 0. The molecule has 1 aromatic carbocycles. The summed E-state index contributed by atoms with van der Waals surface area (Å²) in [5.74, 6) is 1.77. The maximum absolute atomic E-state index is 12.6. The summed E-state index contributed by atoms with van der Waals surface area (Å²) in [4.78, 5) is 26.7. The quantitative estimate of drug-likeness (QED) is 0.673. The van der Waals surface area contributed by atoms with Crippen LogP contribution in [0, 0.1) is 13.8 Å². The molecule has 2 amide bonds. The van der Waals surface area contributed by atoms with Crippen LogP contribution < -0.4 is 5.32 Å². The zero-order chi connectivity index (χ0) is 19.4. The largest absolute Gasteiger partial charge is 0.342 e. The number of amides is 2. The number of hydrogen-bond donors (Lipinski definition) is 2. The van der Waals surface area contributed by atoms with Crippen molar-refractivity contribution in [2.24, 2.45) is 7.05 Å². The highest BCUT2D eigenvalue weighted by molar-refractivity contribution is 5.77. The maximum Gasteiger partial charge on any atom is 0.317 e. The van der Waals surface area contributed by atoms with Gasteiger partial charge in [0, 0.05) is 39.0 Å². The first kappa shape index (κ1) is 18.9. The zero-order valence-corrected chi connectivity index (χ0v) is 16.5. The minimum atomic E-state index is -0.0670. The highest BCUT2D eigenvalue weighted by Gasteiger charge is 2.15. The van der Waals surface area contributed by atoms with Crippen LogP contribution in [0.4, 0.5) is 4.79 Å². The fourth-order valence-electron chi connectivity index (χ4n) is 3.08.